The zero-order chi connectivity index (χ0) is 21.6. The first-order valence-corrected chi connectivity index (χ1v) is 10.6. The van der Waals surface area contributed by atoms with Gasteiger partial charge in [-0.1, -0.05) is 36.4 Å². The van der Waals surface area contributed by atoms with Gasteiger partial charge in [-0.05, 0) is 86.6 Å². The number of ether oxygens (including phenoxy) is 1. The van der Waals surface area contributed by atoms with Crippen molar-refractivity contribution in [3.8, 4) is 5.75 Å². The van der Waals surface area contributed by atoms with E-state index in [2.05, 4.69) is 109 Å². The molecule has 0 spiro atoms. The van der Waals surface area contributed by atoms with Crippen LogP contribution in [-0.4, -0.2) is 13.2 Å². The van der Waals surface area contributed by atoms with Crippen LogP contribution in [0.15, 0.2) is 109 Å². The summed E-state index contributed by atoms with van der Waals surface area (Å²) in [5.74, 6) is 0.865. The van der Waals surface area contributed by atoms with Crippen molar-refractivity contribution in [1.82, 2.24) is 0 Å². The Balaban J connectivity index is 1.70. The number of methoxy groups -OCH3 is 1. The van der Waals surface area contributed by atoms with Gasteiger partial charge in [-0.15, -0.1) is 0 Å². The molecule has 0 aliphatic rings. The SMILES string of the molecule is COc1ccc(N(c2ccc(N(c3ccccc3)c3ccccc3)cc2)C(C)C)cc1. The summed E-state index contributed by atoms with van der Waals surface area (Å²) in [7, 11) is 1.69. The van der Waals surface area contributed by atoms with Crippen LogP contribution in [0.25, 0.3) is 0 Å². The Morgan fingerprint density at radius 3 is 1.32 bits per heavy atom. The lowest BCUT2D eigenvalue weighted by Gasteiger charge is -2.30. The summed E-state index contributed by atoms with van der Waals surface area (Å²) in [6.45, 7) is 4.41. The van der Waals surface area contributed by atoms with Crippen molar-refractivity contribution < 1.29 is 4.74 Å². The van der Waals surface area contributed by atoms with Crippen molar-refractivity contribution in [2.24, 2.45) is 0 Å². The smallest absolute Gasteiger partial charge is 0.119 e. The number of benzene rings is 4. The Labute approximate surface area is 185 Å². The van der Waals surface area contributed by atoms with E-state index in [9.17, 15) is 0 Å². The molecule has 31 heavy (non-hydrogen) atoms. The first kappa shape index (κ1) is 20.5. The van der Waals surface area contributed by atoms with E-state index >= 15 is 0 Å². The maximum Gasteiger partial charge on any atom is 0.119 e. The lowest BCUT2D eigenvalue weighted by molar-refractivity contribution is 0.415. The molecule has 3 heteroatoms. The fourth-order valence-corrected chi connectivity index (χ4v) is 3.85. The summed E-state index contributed by atoms with van der Waals surface area (Å²) in [5.41, 5.74) is 5.70. The molecule has 156 valence electrons. The molecule has 0 amide bonds. The highest BCUT2D eigenvalue weighted by molar-refractivity contribution is 5.78. The third kappa shape index (κ3) is 4.56. The molecule has 0 saturated heterocycles. The van der Waals surface area contributed by atoms with Gasteiger partial charge in [0.05, 0.1) is 7.11 Å². The second kappa shape index (κ2) is 9.40. The van der Waals surface area contributed by atoms with Crippen LogP contribution in [0.1, 0.15) is 13.8 Å². The molecule has 4 aromatic carbocycles. The van der Waals surface area contributed by atoms with E-state index < -0.39 is 0 Å². The van der Waals surface area contributed by atoms with Gasteiger partial charge in [0.1, 0.15) is 5.75 Å². The summed E-state index contributed by atoms with van der Waals surface area (Å²) in [6.07, 6.45) is 0. The molecule has 0 radical (unpaired) electrons. The largest absolute Gasteiger partial charge is 0.497 e. The third-order valence-corrected chi connectivity index (χ3v) is 5.28. The predicted molar refractivity (Wildman–Crippen MR) is 131 cm³/mol. The normalized spacial score (nSPS) is 10.7. The average molecular weight is 409 g/mol. The van der Waals surface area contributed by atoms with E-state index in [-0.39, 0.29) is 0 Å². The number of hydrogen-bond acceptors (Lipinski definition) is 3. The minimum Gasteiger partial charge on any atom is -0.497 e. The van der Waals surface area contributed by atoms with Crippen LogP contribution in [0.3, 0.4) is 0 Å². The van der Waals surface area contributed by atoms with Crippen LogP contribution >= 0.6 is 0 Å². The Bertz CT molecular complexity index is 1040. The van der Waals surface area contributed by atoms with Gasteiger partial charge in [-0.25, -0.2) is 0 Å². The van der Waals surface area contributed by atoms with E-state index in [4.69, 9.17) is 4.74 Å². The summed E-state index contributed by atoms with van der Waals surface area (Å²) in [4.78, 5) is 4.61. The van der Waals surface area contributed by atoms with E-state index in [0.29, 0.717) is 6.04 Å². The van der Waals surface area contributed by atoms with E-state index in [0.717, 1.165) is 34.2 Å². The van der Waals surface area contributed by atoms with Crippen molar-refractivity contribution in [3.63, 3.8) is 0 Å². The van der Waals surface area contributed by atoms with Gasteiger partial charge in [0.2, 0.25) is 0 Å². The highest BCUT2D eigenvalue weighted by Crippen LogP contribution is 2.36. The molecule has 0 unspecified atom stereocenters. The predicted octanol–water partition coefficient (Wildman–Crippen LogP) is 7.71. The molecule has 4 rings (SSSR count). The van der Waals surface area contributed by atoms with E-state index in [1.807, 2.05) is 24.3 Å². The van der Waals surface area contributed by atoms with Gasteiger partial charge in [0.25, 0.3) is 0 Å². The molecule has 3 nitrogen and oxygen atoms in total. The maximum atomic E-state index is 5.32. The molecule has 0 aliphatic carbocycles. The van der Waals surface area contributed by atoms with Crippen molar-refractivity contribution >= 4 is 28.4 Å². The lowest BCUT2D eigenvalue weighted by atomic mass is 10.1. The maximum absolute atomic E-state index is 5.32. The van der Waals surface area contributed by atoms with E-state index in [1.165, 1.54) is 0 Å². The summed E-state index contributed by atoms with van der Waals surface area (Å²) in [6, 6.07) is 38.2. The van der Waals surface area contributed by atoms with Gasteiger partial charge < -0.3 is 14.5 Å². The van der Waals surface area contributed by atoms with Crippen LogP contribution in [0, 0.1) is 0 Å². The molecule has 4 aromatic rings. The molecule has 0 fully saturated rings. The quantitative estimate of drug-likeness (QED) is 0.311. The van der Waals surface area contributed by atoms with E-state index in [1.54, 1.807) is 7.11 Å². The zero-order valence-corrected chi connectivity index (χ0v) is 18.3. The van der Waals surface area contributed by atoms with Crippen molar-refractivity contribution in [2.45, 2.75) is 19.9 Å². The van der Waals surface area contributed by atoms with Crippen LogP contribution in [-0.2, 0) is 0 Å². The Morgan fingerprint density at radius 2 is 0.903 bits per heavy atom. The molecule has 0 saturated carbocycles. The highest BCUT2D eigenvalue weighted by atomic mass is 16.5. The first-order chi connectivity index (χ1) is 15.2. The Morgan fingerprint density at radius 1 is 0.516 bits per heavy atom. The first-order valence-electron chi connectivity index (χ1n) is 10.6. The Hall–Kier alpha value is -3.72. The summed E-state index contributed by atoms with van der Waals surface area (Å²) >= 11 is 0. The molecule has 0 heterocycles. The molecular weight excluding hydrogens is 380 g/mol. The molecule has 0 aliphatic heterocycles. The summed E-state index contributed by atoms with van der Waals surface area (Å²) in [5, 5.41) is 0. The lowest BCUT2D eigenvalue weighted by Crippen LogP contribution is -2.25. The van der Waals surface area contributed by atoms with Crippen LogP contribution < -0.4 is 14.5 Å². The van der Waals surface area contributed by atoms with Gasteiger partial charge in [0.15, 0.2) is 0 Å². The fraction of sp³-hybridized carbons (Fsp3) is 0.143. The van der Waals surface area contributed by atoms with Crippen LogP contribution in [0.5, 0.6) is 5.75 Å². The standard InChI is InChI=1S/C28H28N2O/c1-22(2)29(26-18-20-28(31-3)21-19-26)25-14-16-27(17-15-25)30(23-10-6-4-7-11-23)24-12-8-5-9-13-24/h4-22H,1-3H3. The van der Waals surface area contributed by atoms with Crippen molar-refractivity contribution in [1.29, 1.82) is 0 Å². The molecule has 0 aromatic heterocycles. The molecule has 0 N–H and O–H groups in total. The number of rotatable bonds is 7. The third-order valence-electron chi connectivity index (χ3n) is 5.28. The van der Waals surface area contributed by atoms with Crippen molar-refractivity contribution in [3.05, 3.63) is 109 Å². The van der Waals surface area contributed by atoms with Gasteiger partial charge in [-0.3, -0.25) is 0 Å². The van der Waals surface area contributed by atoms with Crippen LogP contribution in [0.4, 0.5) is 28.4 Å². The van der Waals surface area contributed by atoms with Gasteiger partial charge in [-0.2, -0.15) is 0 Å². The second-order valence-electron chi connectivity index (χ2n) is 7.68. The minimum absolute atomic E-state index is 0.318. The number of nitrogens with zero attached hydrogens (tertiary/aromatic N) is 2. The second-order valence-corrected chi connectivity index (χ2v) is 7.68. The van der Waals surface area contributed by atoms with Gasteiger partial charge >= 0.3 is 0 Å². The molecular formula is C28H28N2O. The summed E-state index contributed by atoms with van der Waals surface area (Å²) < 4.78 is 5.32. The molecule has 0 atom stereocenters. The minimum atomic E-state index is 0.318. The number of anilines is 5. The van der Waals surface area contributed by atoms with Crippen molar-refractivity contribution in [2.75, 3.05) is 16.9 Å². The highest BCUT2D eigenvalue weighted by Gasteiger charge is 2.16. The topological polar surface area (TPSA) is 15.7 Å². The molecule has 0 bridgehead atoms. The number of hydrogen-bond donors (Lipinski definition) is 0. The fourth-order valence-electron chi connectivity index (χ4n) is 3.85. The monoisotopic (exact) mass is 408 g/mol. The van der Waals surface area contributed by atoms with Gasteiger partial charge in [0, 0.05) is 34.5 Å². The average Bonchev–Trinajstić information content (AvgIpc) is 2.82. The Kier molecular flexibility index (Phi) is 6.23. The van der Waals surface area contributed by atoms with Crippen LogP contribution in [0.2, 0.25) is 0 Å². The number of para-hydroxylation sites is 2. The zero-order valence-electron chi connectivity index (χ0n) is 18.3.